The topological polar surface area (TPSA) is 35.5 Å². The van der Waals surface area contributed by atoms with Crippen molar-refractivity contribution in [1.82, 2.24) is 0 Å². The van der Waals surface area contributed by atoms with E-state index in [0.717, 1.165) is 43.0 Å². The van der Waals surface area contributed by atoms with Crippen LogP contribution in [0.4, 0.5) is 8.78 Å². The Hall–Kier alpha value is -2.37. The number of rotatable bonds is 6. The number of ether oxygens (including phenoxy) is 2. The van der Waals surface area contributed by atoms with Crippen LogP contribution in [0.15, 0.2) is 54.6 Å². The first-order valence-corrected chi connectivity index (χ1v) is 8.62. The number of halogens is 2. The lowest BCUT2D eigenvalue weighted by atomic mass is 10.0. The fourth-order valence-electron chi connectivity index (χ4n) is 2.81. The molecular formula is C21H20F2O3. The van der Waals surface area contributed by atoms with Gasteiger partial charge in [-0.05, 0) is 54.7 Å². The summed E-state index contributed by atoms with van der Waals surface area (Å²) in [5.41, 5.74) is 1.08. The summed E-state index contributed by atoms with van der Waals surface area (Å²) >= 11 is 0. The molecule has 1 heterocycles. The zero-order valence-corrected chi connectivity index (χ0v) is 14.3. The van der Waals surface area contributed by atoms with Crippen LogP contribution >= 0.6 is 0 Å². The lowest BCUT2D eigenvalue weighted by Gasteiger charge is -2.23. The highest BCUT2D eigenvalue weighted by molar-refractivity contribution is 6.08. The number of allylic oxidation sites excluding steroid dienone is 1. The van der Waals surface area contributed by atoms with Crippen molar-refractivity contribution in [3.05, 3.63) is 77.4 Å². The van der Waals surface area contributed by atoms with Crippen LogP contribution in [0.5, 0.6) is 0 Å². The average Bonchev–Trinajstić information content (AvgIpc) is 2.68. The monoisotopic (exact) mass is 358 g/mol. The molecule has 5 heteroatoms. The Kier molecular flexibility index (Phi) is 6.26. The Balaban J connectivity index is 1.83. The Labute approximate surface area is 151 Å². The zero-order valence-electron chi connectivity index (χ0n) is 14.3. The molecule has 2 aromatic carbocycles. The molecule has 1 atom stereocenters. The van der Waals surface area contributed by atoms with Crippen molar-refractivity contribution < 1.29 is 23.0 Å². The summed E-state index contributed by atoms with van der Waals surface area (Å²) in [6.45, 7) is 0.805. The number of benzene rings is 2. The Morgan fingerprint density at radius 2 is 1.96 bits per heavy atom. The summed E-state index contributed by atoms with van der Waals surface area (Å²) in [5, 5.41) is 0. The molecule has 26 heavy (non-hydrogen) atoms. The second-order valence-electron chi connectivity index (χ2n) is 6.13. The van der Waals surface area contributed by atoms with Gasteiger partial charge in [0.05, 0.1) is 12.2 Å². The van der Waals surface area contributed by atoms with Gasteiger partial charge >= 0.3 is 0 Å². The molecule has 0 amide bonds. The highest BCUT2D eigenvalue weighted by Gasteiger charge is 2.17. The van der Waals surface area contributed by atoms with Crippen LogP contribution in [0.25, 0.3) is 5.57 Å². The third-order valence-electron chi connectivity index (χ3n) is 4.21. The molecule has 0 spiro atoms. The third kappa shape index (κ3) is 4.84. The van der Waals surface area contributed by atoms with Gasteiger partial charge in [-0.3, -0.25) is 4.79 Å². The molecule has 3 rings (SSSR count). The summed E-state index contributed by atoms with van der Waals surface area (Å²) < 4.78 is 38.6. The molecule has 3 nitrogen and oxygen atoms in total. The maximum atomic E-state index is 13.9. The molecule has 0 bridgehead atoms. The SMILES string of the molecule is O=C(/C=C(\COC1CCCCO1)c1ccccc1)c1cc(F)ccc1F. The number of hydrogen-bond acceptors (Lipinski definition) is 3. The van der Waals surface area contributed by atoms with Crippen LogP contribution in [0.2, 0.25) is 0 Å². The van der Waals surface area contributed by atoms with Crippen molar-refractivity contribution in [3.8, 4) is 0 Å². The standard InChI is InChI=1S/C21H20F2O3/c22-17-9-10-19(23)18(13-17)20(24)12-16(15-6-2-1-3-7-15)14-26-21-8-4-5-11-25-21/h1-3,6-7,9-10,12-13,21H,4-5,8,11,14H2/b16-12+. The van der Waals surface area contributed by atoms with Crippen LogP contribution in [-0.4, -0.2) is 25.3 Å². The maximum absolute atomic E-state index is 13.9. The van der Waals surface area contributed by atoms with E-state index in [1.54, 1.807) is 0 Å². The van der Waals surface area contributed by atoms with Crippen molar-refractivity contribution in [1.29, 1.82) is 0 Å². The van der Waals surface area contributed by atoms with Gasteiger partial charge < -0.3 is 9.47 Å². The van der Waals surface area contributed by atoms with Crippen molar-refractivity contribution in [3.63, 3.8) is 0 Å². The Bertz CT molecular complexity index is 781. The zero-order chi connectivity index (χ0) is 18.4. The van der Waals surface area contributed by atoms with E-state index in [-0.39, 0.29) is 18.5 Å². The Morgan fingerprint density at radius 1 is 1.15 bits per heavy atom. The van der Waals surface area contributed by atoms with Crippen molar-refractivity contribution >= 4 is 11.4 Å². The van der Waals surface area contributed by atoms with Crippen LogP contribution < -0.4 is 0 Å². The summed E-state index contributed by atoms with van der Waals surface area (Å²) in [6.07, 6.45) is 3.84. The molecule has 1 unspecified atom stereocenters. The highest BCUT2D eigenvalue weighted by Crippen LogP contribution is 2.21. The van der Waals surface area contributed by atoms with Gasteiger partial charge in [-0.1, -0.05) is 30.3 Å². The Morgan fingerprint density at radius 3 is 2.69 bits per heavy atom. The summed E-state index contributed by atoms with van der Waals surface area (Å²) in [5.74, 6) is -2.01. The van der Waals surface area contributed by atoms with Crippen LogP contribution in [0.3, 0.4) is 0 Å². The lowest BCUT2D eigenvalue weighted by molar-refractivity contribution is -0.154. The minimum atomic E-state index is -0.753. The number of carbonyl (C=O) groups is 1. The van der Waals surface area contributed by atoms with Crippen molar-refractivity contribution in [2.24, 2.45) is 0 Å². The quantitative estimate of drug-likeness (QED) is 0.551. The maximum Gasteiger partial charge on any atom is 0.189 e. The van der Waals surface area contributed by atoms with Crippen LogP contribution in [0, 0.1) is 11.6 Å². The molecule has 0 aliphatic carbocycles. The fourth-order valence-corrected chi connectivity index (χ4v) is 2.81. The summed E-state index contributed by atoms with van der Waals surface area (Å²) in [7, 11) is 0. The van der Waals surface area contributed by atoms with Gasteiger partial charge in [-0.15, -0.1) is 0 Å². The molecule has 1 aliphatic heterocycles. The second-order valence-corrected chi connectivity index (χ2v) is 6.13. The largest absolute Gasteiger partial charge is 0.353 e. The van der Waals surface area contributed by atoms with Crippen molar-refractivity contribution in [2.45, 2.75) is 25.6 Å². The number of carbonyl (C=O) groups excluding carboxylic acids is 1. The smallest absolute Gasteiger partial charge is 0.189 e. The number of hydrogen-bond donors (Lipinski definition) is 0. The third-order valence-corrected chi connectivity index (χ3v) is 4.21. The predicted octanol–water partition coefficient (Wildman–Crippen LogP) is 4.77. The first-order valence-electron chi connectivity index (χ1n) is 8.62. The molecular weight excluding hydrogens is 338 g/mol. The van der Waals surface area contributed by atoms with Crippen LogP contribution in [-0.2, 0) is 9.47 Å². The van der Waals surface area contributed by atoms with E-state index in [2.05, 4.69) is 0 Å². The molecule has 0 aromatic heterocycles. The van der Waals surface area contributed by atoms with E-state index in [0.29, 0.717) is 12.2 Å². The summed E-state index contributed by atoms with van der Waals surface area (Å²) in [6, 6.07) is 12.1. The minimum absolute atomic E-state index is 0.150. The van der Waals surface area contributed by atoms with Gasteiger partial charge in [0.15, 0.2) is 12.1 Å². The lowest BCUT2D eigenvalue weighted by Crippen LogP contribution is -2.23. The fraction of sp³-hybridized carbons (Fsp3) is 0.286. The molecule has 0 N–H and O–H groups in total. The van der Waals surface area contributed by atoms with E-state index >= 15 is 0 Å². The normalized spacial score (nSPS) is 17.9. The molecule has 2 aromatic rings. The molecule has 0 saturated carbocycles. The molecule has 1 fully saturated rings. The van der Waals surface area contributed by atoms with E-state index in [4.69, 9.17) is 9.47 Å². The van der Waals surface area contributed by atoms with Gasteiger partial charge in [0.1, 0.15) is 11.6 Å². The minimum Gasteiger partial charge on any atom is -0.353 e. The van der Waals surface area contributed by atoms with Gasteiger partial charge in [0.2, 0.25) is 0 Å². The van der Waals surface area contributed by atoms with E-state index in [9.17, 15) is 13.6 Å². The van der Waals surface area contributed by atoms with Crippen molar-refractivity contribution in [2.75, 3.05) is 13.2 Å². The van der Waals surface area contributed by atoms with Gasteiger partial charge in [0.25, 0.3) is 0 Å². The highest BCUT2D eigenvalue weighted by atomic mass is 19.1. The summed E-state index contributed by atoms with van der Waals surface area (Å²) in [4.78, 5) is 12.5. The van der Waals surface area contributed by atoms with E-state index < -0.39 is 17.4 Å². The average molecular weight is 358 g/mol. The predicted molar refractivity (Wildman–Crippen MR) is 94.7 cm³/mol. The second kappa shape index (κ2) is 8.83. The number of ketones is 1. The van der Waals surface area contributed by atoms with Crippen LogP contribution in [0.1, 0.15) is 35.2 Å². The first-order chi connectivity index (χ1) is 12.6. The van der Waals surface area contributed by atoms with Gasteiger partial charge in [-0.25, -0.2) is 8.78 Å². The van der Waals surface area contributed by atoms with E-state index in [1.807, 2.05) is 30.3 Å². The van der Waals surface area contributed by atoms with E-state index in [1.165, 1.54) is 6.08 Å². The molecule has 1 aliphatic rings. The van der Waals surface area contributed by atoms with Gasteiger partial charge in [0, 0.05) is 6.61 Å². The molecule has 1 saturated heterocycles. The molecule has 0 radical (unpaired) electrons. The molecule has 136 valence electrons. The van der Waals surface area contributed by atoms with Gasteiger partial charge in [-0.2, -0.15) is 0 Å². The first kappa shape index (κ1) is 18.4.